The molecule has 8 heteroatoms. The molecule has 0 atom stereocenters. The summed E-state index contributed by atoms with van der Waals surface area (Å²) in [6, 6.07) is 14.1. The van der Waals surface area contributed by atoms with Gasteiger partial charge in [0.1, 0.15) is 0 Å². The van der Waals surface area contributed by atoms with E-state index in [1.807, 2.05) is 24.3 Å². The Morgan fingerprint density at radius 1 is 0.759 bits per heavy atom. The van der Waals surface area contributed by atoms with Crippen molar-refractivity contribution in [2.75, 3.05) is 80.2 Å². The molecule has 29 heavy (non-hydrogen) atoms. The van der Waals surface area contributed by atoms with E-state index in [1.54, 1.807) is 0 Å². The molecule has 3 heterocycles. The van der Waals surface area contributed by atoms with Crippen LogP contribution in [0, 0.1) is 11.3 Å². The van der Waals surface area contributed by atoms with Gasteiger partial charge in [-0.25, -0.2) is 0 Å². The zero-order valence-corrected chi connectivity index (χ0v) is 16.6. The van der Waals surface area contributed by atoms with Crippen LogP contribution in [0.2, 0.25) is 0 Å². The minimum Gasteiger partial charge on any atom is -0.395 e. The second kappa shape index (κ2) is 9.07. The number of aliphatic hydroxyl groups is 1. The van der Waals surface area contributed by atoms with E-state index in [4.69, 9.17) is 10.4 Å². The van der Waals surface area contributed by atoms with E-state index in [-0.39, 0.29) is 6.61 Å². The van der Waals surface area contributed by atoms with E-state index in [2.05, 4.69) is 48.0 Å². The monoisotopic (exact) mass is 393 g/mol. The van der Waals surface area contributed by atoms with Crippen LogP contribution in [0.25, 0.3) is 0 Å². The lowest BCUT2D eigenvalue weighted by Crippen LogP contribution is -2.48. The van der Waals surface area contributed by atoms with Crippen molar-refractivity contribution in [3.05, 3.63) is 42.0 Å². The Balaban J connectivity index is 1.30. The molecular formula is C21H27N7O. The Bertz CT molecular complexity index is 818. The van der Waals surface area contributed by atoms with Gasteiger partial charge < -0.3 is 19.8 Å². The first-order chi connectivity index (χ1) is 14.3. The van der Waals surface area contributed by atoms with Gasteiger partial charge in [-0.15, -0.1) is 10.2 Å². The van der Waals surface area contributed by atoms with E-state index in [0.717, 1.165) is 76.2 Å². The molecule has 2 aliphatic rings. The summed E-state index contributed by atoms with van der Waals surface area (Å²) in [4.78, 5) is 9.14. The molecule has 8 nitrogen and oxygen atoms in total. The van der Waals surface area contributed by atoms with Crippen molar-refractivity contribution in [1.82, 2.24) is 15.1 Å². The summed E-state index contributed by atoms with van der Waals surface area (Å²) in [6.45, 7) is 8.31. The predicted octanol–water partition coefficient (Wildman–Crippen LogP) is 0.789. The highest BCUT2D eigenvalue weighted by molar-refractivity contribution is 5.52. The minimum absolute atomic E-state index is 0.215. The first-order valence-corrected chi connectivity index (χ1v) is 10.2. The van der Waals surface area contributed by atoms with Gasteiger partial charge in [0.05, 0.1) is 18.2 Å². The van der Waals surface area contributed by atoms with E-state index in [1.165, 1.54) is 0 Å². The quantitative estimate of drug-likeness (QED) is 0.798. The van der Waals surface area contributed by atoms with Gasteiger partial charge in [0.2, 0.25) is 0 Å². The van der Waals surface area contributed by atoms with Crippen molar-refractivity contribution in [2.24, 2.45) is 0 Å². The Morgan fingerprint density at radius 2 is 1.28 bits per heavy atom. The fourth-order valence-electron chi connectivity index (χ4n) is 3.94. The Kier molecular flexibility index (Phi) is 6.08. The van der Waals surface area contributed by atoms with Crippen LogP contribution in [0.4, 0.5) is 17.3 Å². The summed E-state index contributed by atoms with van der Waals surface area (Å²) in [7, 11) is 0. The maximum absolute atomic E-state index is 9.06. The lowest BCUT2D eigenvalue weighted by atomic mass is 10.2. The predicted molar refractivity (Wildman–Crippen MR) is 113 cm³/mol. The fourth-order valence-corrected chi connectivity index (χ4v) is 3.94. The highest BCUT2D eigenvalue weighted by Gasteiger charge is 2.21. The number of nitrogens with zero attached hydrogens (tertiary/aromatic N) is 7. The molecule has 1 aromatic carbocycles. The van der Waals surface area contributed by atoms with Crippen LogP contribution in [0.1, 0.15) is 5.56 Å². The average molecular weight is 393 g/mol. The summed E-state index contributed by atoms with van der Waals surface area (Å²) in [5.41, 5.74) is 1.85. The molecule has 0 bridgehead atoms. The molecule has 4 rings (SSSR count). The molecular weight excluding hydrogens is 366 g/mol. The maximum Gasteiger partial charge on any atom is 0.151 e. The van der Waals surface area contributed by atoms with Gasteiger partial charge in [-0.1, -0.05) is 0 Å². The number of anilines is 3. The van der Waals surface area contributed by atoms with Crippen LogP contribution >= 0.6 is 0 Å². The van der Waals surface area contributed by atoms with Gasteiger partial charge in [0.15, 0.2) is 11.6 Å². The zero-order valence-electron chi connectivity index (χ0n) is 16.6. The summed E-state index contributed by atoms with van der Waals surface area (Å²) >= 11 is 0. The van der Waals surface area contributed by atoms with Crippen LogP contribution in [-0.2, 0) is 0 Å². The number of hydrogen-bond acceptors (Lipinski definition) is 8. The lowest BCUT2D eigenvalue weighted by molar-refractivity contribution is 0.188. The smallest absolute Gasteiger partial charge is 0.151 e. The SMILES string of the molecule is N#Cc1ccc(N2CCN(c3ccc(N4CCN(CCO)CC4)nn3)CC2)cc1. The van der Waals surface area contributed by atoms with Crippen LogP contribution in [0.5, 0.6) is 0 Å². The van der Waals surface area contributed by atoms with Gasteiger partial charge in [-0.05, 0) is 36.4 Å². The highest BCUT2D eigenvalue weighted by atomic mass is 16.3. The third-order valence-electron chi connectivity index (χ3n) is 5.71. The molecule has 1 aromatic heterocycles. The Hall–Kier alpha value is -2.89. The van der Waals surface area contributed by atoms with Crippen molar-refractivity contribution in [3.8, 4) is 6.07 Å². The summed E-state index contributed by atoms with van der Waals surface area (Å²) in [6.07, 6.45) is 0. The number of rotatable bonds is 5. The molecule has 2 fully saturated rings. The minimum atomic E-state index is 0.215. The van der Waals surface area contributed by atoms with Gasteiger partial charge in [0.25, 0.3) is 0 Å². The second-order valence-corrected chi connectivity index (χ2v) is 7.43. The molecule has 0 saturated carbocycles. The molecule has 0 unspecified atom stereocenters. The summed E-state index contributed by atoms with van der Waals surface area (Å²) in [5.74, 6) is 1.85. The van der Waals surface area contributed by atoms with E-state index in [9.17, 15) is 0 Å². The molecule has 0 radical (unpaired) electrons. The normalized spacial score (nSPS) is 18.0. The van der Waals surface area contributed by atoms with Gasteiger partial charge in [0, 0.05) is 64.6 Å². The topological polar surface area (TPSA) is 82.8 Å². The Morgan fingerprint density at radius 3 is 1.76 bits per heavy atom. The molecule has 2 aromatic rings. The highest BCUT2D eigenvalue weighted by Crippen LogP contribution is 2.21. The molecule has 152 valence electrons. The summed E-state index contributed by atoms with van der Waals surface area (Å²) in [5, 5.41) is 26.9. The number of piperazine rings is 2. The summed E-state index contributed by atoms with van der Waals surface area (Å²) < 4.78 is 0. The van der Waals surface area contributed by atoms with Gasteiger partial charge >= 0.3 is 0 Å². The third-order valence-corrected chi connectivity index (χ3v) is 5.71. The molecule has 0 spiro atoms. The number of hydrogen-bond donors (Lipinski definition) is 1. The molecule has 0 aliphatic carbocycles. The van der Waals surface area contributed by atoms with Crippen LogP contribution in [0.15, 0.2) is 36.4 Å². The number of aliphatic hydroxyl groups excluding tert-OH is 1. The van der Waals surface area contributed by atoms with Crippen molar-refractivity contribution in [3.63, 3.8) is 0 Å². The molecule has 0 amide bonds. The number of benzene rings is 1. The van der Waals surface area contributed by atoms with E-state index >= 15 is 0 Å². The lowest BCUT2D eigenvalue weighted by Gasteiger charge is -2.37. The zero-order chi connectivity index (χ0) is 20.1. The van der Waals surface area contributed by atoms with Crippen LogP contribution in [0.3, 0.4) is 0 Å². The molecule has 2 saturated heterocycles. The van der Waals surface area contributed by atoms with Gasteiger partial charge in [-0.2, -0.15) is 5.26 Å². The van der Waals surface area contributed by atoms with Crippen molar-refractivity contribution in [2.45, 2.75) is 0 Å². The standard InChI is InChI=1S/C21H27N7O/c22-17-18-1-3-19(4-2-18)26-11-13-28(14-12-26)21-6-5-20(23-24-21)27-9-7-25(8-10-27)15-16-29/h1-6,29H,7-16H2. The number of aromatic nitrogens is 2. The second-order valence-electron chi connectivity index (χ2n) is 7.43. The van der Waals surface area contributed by atoms with Crippen LogP contribution in [-0.4, -0.2) is 85.7 Å². The largest absolute Gasteiger partial charge is 0.395 e. The maximum atomic E-state index is 9.06. The Labute approximate surface area is 171 Å². The first-order valence-electron chi connectivity index (χ1n) is 10.2. The number of β-amino-alcohol motifs (C(OH)–C–C–N with tert-alkyl or cyclic N) is 1. The van der Waals surface area contributed by atoms with Crippen LogP contribution < -0.4 is 14.7 Å². The molecule has 1 N–H and O–H groups in total. The molecule has 2 aliphatic heterocycles. The van der Waals surface area contributed by atoms with E-state index in [0.29, 0.717) is 5.56 Å². The van der Waals surface area contributed by atoms with Crippen molar-refractivity contribution in [1.29, 1.82) is 5.26 Å². The third kappa shape index (κ3) is 4.58. The fraction of sp³-hybridized carbons (Fsp3) is 0.476. The van der Waals surface area contributed by atoms with E-state index < -0.39 is 0 Å². The number of nitriles is 1. The van der Waals surface area contributed by atoms with Crippen molar-refractivity contribution >= 4 is 17.3 Å². The average Bonchev–Trinajstić information content (AvgIpc) is 2.80. The first kappa shape index (κ1) is 19.4. The van der Waals surface area contributed by atoms with Crippen molar-refractivity contribution < 1.29 is 5.11 Å². The van der Waals surface area contributed by atoms with Gasteiger partial charge in [-0.3, -0.25) is 4.90 Å².